The molecule has 1 aromatic rings. The van der Waals surface area contributed by atoms with Gasteiger partial charge in [0, 0.05) is 5.92 Å². The Morgan fingerprint density at radius 2 is 2.08 bits per heavy atom. The molecule has 2 amide bonds. The molecule has 0 unspecified atom stereocenters. The zero-order valence-electron chi connectivity index (χ0n) is 14.8. The Bertz CT molecular complexity index is 616. The van der Waals surface area contributed by atoms with E-state index in [-0.39, 0.29) is 36.1 Å². The van der Waals surface area contributed by atoms with Crippen LogP contribution in [0.3, 0.4) is 0 Å². The van der Waals surface area contributed by atoms with Crippen molar-refractivity contribution in [2.45, 2.75) is 32.7 Å². The summed E-state index contributed by atoms with van der Waals surface area (Å²) in [5.41, 5.74) is 5.89. The number of rotatable bonds is 7. The van der Waals surface area contributed by atoms with Gasteiger partial charge in [-0.2, -0.15) is 0 Å². The molecule has 0 spiro atoms. The first-order chi connectivity index (χ1) is 11.9. The van der Waals surface area contributed by atoms with Crippen LogP contribution in [-0.2, 0) is 9.59 Å². The fourth-order valence-corrected chi connectivity index (χ4v) is 3.05. The number of benzene rings is 1. The molecule has 1 atom stereocenters. The Labute approximate surface area is 147 Å². The van der Waals surface area contributed by atoms with Gasteiger partial charge in [0.25, 0.3) is 0 Å². The Balaban J connectivity index is 1.88. The summed E-state index contributed by atoms with van der Waals surface area (Å²) in [4.78, 5) is 25.3. The smallest absolute Gasteiger partial charge is 0.231 e. The minimum atomic E-state index is -0.430. The first-order valence-electron chi connectivity index (χ1n) is 8.64. The van der Waals surface area contributed by atoms with E-state index in [1.807, 2.05) is 11.8 Å². The lowest BCUT2D eigenvalue weighted by Crippen LogP contribution is -2.43. The molecule has 1 heterocycles. The topological polar surface area (TPSA) is 84.7 Å². The average Bonchev–Trinajstić information content (AvgIpc) is 2.56. The van der Waals surface area contributed by atoms with Crippen LogP contribution in [0.1, 0.15) is 38.3 Å². The highest BCUT2D eigenvalue weighted by atomic mass is 19.1. The molecule has 0 bridgehead atoms. The summed E-state index contributed by atoms with van der Waals surface area (Å²) in [7, 11) is 0. The first-order valence-corrected chi connectivity index (χ1v) is 8.64. The molecule has 0 saturated carbocycles. The molecule has 1 aliphatic heterocycles. The number of carbonyl (C=O) groups is 2. The SMILES string of the molecule is CCOc1ccc([C@@H](C)NC(=O)C2CCN(CC(N)=O)CC2)cc1F. The van der Waals surface area contributed by atoms with Crippen molar-refractivity contribution in [1.82, 2.24) is 10.2 Å². The summed E-state index contributed by atoms with van der Waals surface area (Å²) in [6.07, 6.45) is 1.37. The van der Waals surface area contributed by atoms with Gasteiger partial charge in [0.05, 0.1) is 19.2 Å². The van der Waals surface area contributed by atoms with Crippen LogP contribution in [-0.4, -0.2) is 43.0 Å². The summed E-state index contributed by atoms with van der Waals surface area (Å²) in [6.45, 7) is 5.60. The average molecular weight is 351 g/mol. The van der Waals surface area contributed by atoms with E-state index >= 15 is 0 Å². The van der Waals surface area contributed by atoms with Crippen molar-refractivity contribution in [1.29, 1.82) is 0 Å². The second-order valence-corrected chi connectivity index (χ2v) is 6.37. The predicted octanol–water partition coefficient (Wildman–Crippen LogP) is 1.60. The number of carbonyl (C=O) groups excluding carboxylic acids is 2. The standard InChI is InChI=1S/C18H26FN3O3/c1-3-25-16-5-4-14(10-15(16)19)12(2)21-18(24)13-6-8-22(9-7-13)11-17(20)23/h4-5,10,12-13H,3,6-9,11H2,1-2H3,(H2,20,23)(H,21,24)/t12-/m1/s1. The highest BCUT2D eigenvalue weighted by Gasteiger charge is 2.26. The number of amides is 2. The number of hydrogen-bond donors (Lipinski definition) is 2. The molecule has 138 valence electrons. The Kier molecular flexibility index (Phi) is 6.75. The van der Waals surface area contributed by atoms with Gasteiger partial charge in [-0.05, 0) is 57.5 Å². The molecule has 25 heavy (non-hydrogen) atoms. The molecule has 6 nitrogen and oxygen atoms in total. The van der Waals surface area contributed by atoms with E-state index < -0.39 is 5.82 Å². The Hall–Kier alpha value is -2.15. The lowest BCUT2D eigenvalue weighted by molar-refractivity contribution is -0.127. The third kappa shape index (κ3) is 5.42. The Morgan fingerprint density at radius 1 is 1.40 bits per heavy atom. The molecule has 1 fully saturated rings. The van der Waals surface area contributed by atoms with Gasteiger partial charge in [0.15, 0.2) is 11.6 Å². The van der Waals surface area contributed by atoms with Crippen LogP contribution < -0.4 is 15.8 Å². The maximum absolute atomic E-state index is 14.0. The van der Waals surface area contributed by atoms with Crippen LogP contribution in [0, 0.1) is 11.7 Å². The highest BCUT2D eigenvalue weighted by molar-refractivity contribution is 5.79. The number of hydrogen-bond acceptors (Lipinski definition) is 4. The molecule has 1 saturated heterocycles. The zero-order chi connectivity index (χ0) is 18.4. The highest BCUT2D eigenvalue weighted by Crippen LogP contribution is 2.23. The molecular weight excluding hydrogens is 325 g/mol. The quantitative estimate of drug-likeness (QED) is 0.781. The van der Waals surface area contributed by atoms with E-state index in [1.165, 1.54) is 6.07 Å². The number of nitrogens with zero attached hydrogens (tertiary/aromatic N) is 1. The Morgan fingerprint density at radius 3 is 2.64 bits per heavy atom. The number of ether oxygens (including phenoxy) is 1. The van der Waals surface area contributed by atoms with Gasteiger partial charge in [0.2, 0.25) is 11.8 Å². The van der Waals surface area contributed by atoms with Gasteiger partial charge in [-0.1, -0.05) is 6.07 Å². The minimum Gasteiger partial charge on any atom is -0.491 e. The second-order valence-electron chi connectivity index (χ2n) is 6.37. The van der Waals surface area contributed by atoms with Crippen LogP contribution in [0.5, 0.6) is 5.75 Å². The molecule has 2 rings (SSSR count). The fourth-order valence-electron chi connectivity index (χ4n) is 3.05. The monoisotopic (exact) mass is 351 g/mol. The number of likely N-dealkylation sites (tertiary alicyclic amines) is 1. The van der Waals surface area contributed by atoms with Crippen molar-refractivity contribution in [3.63, 3.8) is 0 Å². The van der Waals surface area contributed by atoms with Crippen LogP contribution in [0.2, 0.25) is 0 Å². The third-order valence-corrected chi connectivity index (χ3v) is 4.45. The number of primary amides is 1. The lowest BCUT2D eigenvalue weighted by Gasteiger charge is -2.31. The molecule has 1 aliphatic rings. The second kappa shape index (κ2) is 8.80. The molecule has 0 radical (unpaired) electrons. The van der Waals surface area contributed by atoms with Gasteiger partial charge < -0.3 is 15.8 Å². The van der Waals surface area contributed by atoms with Gasteiger partial charge in [-0.15, -0.1) is 0 Å². The molecule has 1 aromatic carbocycles. The summed E-state index contributed by atoms with van der Waals surface area (Å²) in [5, 5.41) is 2.94. The summed E-state index contributed by atoms with van der Waals surface area (Å²) in [6, 6.07) is 4.44. The molecule has 7 heteroatoms. The van der Waals surface area contributed by atoms with Gasteiger partial charge in [-0.3, -0.25) is 14.5 Å². The van der Waals surface area contributed by atoms with Gasteiger partial charge in [0.1, 0.15) is 0 Å². The molecule has 0 aliphatic carbocycles. The summed E-state index contributed by atoms with van der Waals surface area (Å²) in [5.74, 6) is -0.708. The van der Waals surface area contributed by atoms with Crippen molar-refractivity contribution in [3.8, 4) is 5.75 Å². The van der Waals surface area contributed by atoms with Crippen LogP contribution in [0.15, 0.2) is 18.2 Å². The van der Waals surface area contributed by atoms with Crippen molar-refractivity contribution in [3.05, 3.63) is 29.6 Å². The van der Waals surface area contributed by atoms with Crippen LogP contribution in [0.4, 0.5) is 4.39 Å². The van der Waals surface area contributed by atoms with Gasteiger partial charge in [-0.25, -0.2) is 4.39 Å². The number of nitrogens with one attached hydrogen (secondary N) is 1. The summed E-state index contributed by atoms with van der Waals surface area (Å²) >= 11 is 0. The normalized spacial score (nSPS) is 17.1. The van der Waals surface area contributed by atoms with Crippen molar-refractivity contribution < 1.29 is 18.7 Å². The number of halogens is 1. The minimum absolute atomic E-state index is 0.0412. The fraction of sp³-hybridized carbons (Fsp3) is 0.556. The van der Waals surface area contributed by atoms with E-state index in [0.717, 1.165) is 0 Å². The molecular formula is C18H26FN3O3. The van der Waals surface area contributed by atoms with Crippen molar-refractivity contribution in [2.24, 2.45) is 11.7 Å². The van der Waals surface area contributed by atoms with Crippen molar-refractivity contribution in [2.75, 3.05) is 26.2 Å². The molecule has 3 N–H and O–H groups in total. The number of piperidine rings is 1. The van der Waals surface area contributed by atoms with Crippen molar-refractivity contribution >= 4 is 11.8 Å². The maximum atomic E-state index is 14.0. The third-order valence-electron chi connectivity index (χ3n) is 4.45. The maximum Gasteiger partial charge on any atom is 0.231 e. The molecule has 0 aromatic heterocycles. The van der Waals surface area contributed by atoms with Crippen LogP contribution >= 0.6 is 0 Å². The largest absolute Gasteiger partial charge is 0.491 e. The van der Waals surface area contributed by atoms with Crippen LogP contribution in [0.25, 0.3) is 0 Å². The van der Waals surface area contributed by atoms with Gasteiger partial charge >= 0.3 is 0 Å². The first kappa shape index (κ1) is 19.2. The van der Waals surface area contributed by atoms with E-state index in [4.69, 9.17) is 10.5 Å². The lowest BCUT2D eigenvalue weighted by atomic mass is 9.95. The van der Waals surface area contributed by atoms with E-state index in [2.05, 4.69) is 5.32 Å². The summed E-state index contributed by atoms with van der Waals surface area (Å²) < 4.78 is 19.1. The van der Waals surface area contributed by atoms with E-state index in [9.17, 15) is 14.0 Å². The zero-order valence-corrected chi connectivity index (χ0v) is 14.8. The van der Waals surface area contributed by atoms with E-state index in [1.54, 1.807) is 19.1 Å². The number of nitrogens with two attached hydrogens (primary N) is 1. The predicted molar refractivity (Wildman–Crippen MR) is 92.5 cm³/mol. The van der Waals surface area contributed by atoms with E-state index in [0.29, 0.717) is 38.1 Å².